The molecule has 0 bridgehead atoms. The molecule has 1 unspecified atom stereocenters. The third kappa shape index (κ3) is 4.70. The minimum absolute atomic E-state index is 0.0489. The Kier molecular flexibility index (Phi) is 6.48. The molecule has 0 saturated carbocycles. The van der Waals surface area contributed by atoms with Gasteiger partial charge in [0.2, 0.25) is 5.91 Å². The Morgan fingerprint density at radius 1 is 1.10 bits per heavy atom. The largest absolute Gasteiger partial charge is 0.492 e. The van der Waals surface area contributed by atoms with Gasteiger partial charge in [-0.25, -0.2) is 13.2 Å². The van der Waals surface area contributed by atoms with E-state index in [-0.39, 0.29) is 24.1 Å². The van der Waals surface area contributed by atoms with Crippen molar-refractivity contribution in [1.82, 2.24) is 15.1 Å². The van der Waals surface area contributed by atoms with Gasteiger partial charge in [0.1, 0.15) is 18.2 Å². The van der Waals surface area contributed by atoms with Crippen molar-refractivity contribution in [2.45, 2.75) is 39.0 Å². The van der Waals surface area contributed by atoms with Crippen LogP contribution in [0, 0.1) is 17.5 Å². The minimum atomic E-state index is -1.15. The van der Waals surface area contributed by atoms with Crippen LogP contribution in [0.1, 0.15) is 30.0 Å². The first-order valence-corrected chi connectivity index (χ1v) is 10.6. The van der Waals surface area contributed by atoms with Crippen molar-refractivity contribution in [1.29, 1.82) is 0 Å². The van der Waals surface area contributed by atoms with Gasteiger partial charge in [0.25, 0.3) is 0 Å². The molecule has 4 rings (SSSR count). The van der Waals surface area contributed by atoms with E-state index in [1.165, 1.54) is 0 Å². The Morgan fingerprint density at radius 3 is 2.71 bits per heavy atom. The fourth-order valence-electron chi connectivity index (χ4n) is 4.30. The lowest BCUT2D eigenvalue weighted by molar-refractivity contribution is -0.129. The van der Waals surface area contributed by atoms with Crippen LogP contribution in [-0.2, 0) is 24.4 Å². The number of nitrogens with one attached hydrogen (secondary N) is 1. The zero-order valence-corrected chi connectivity index (χ0v) is 17.5. The third-order valence-corrected chi connectivity index (χ3v) is 5.92. The number of amides is 1. The number of hydrogen-bond donors (Lipinski definition) is 1. The van der Waals surface area contributed by atoms with Crippen molar-refractivity contribution in [3.8, 4) is 5.75 Å². The topological polar surface area (TPSA) is 44.8 Å². The van der Waals surface area contributed by atoms with Gasteiger partial charge in [-0.05, 0) is 36.2 Å². The highest BCUT2D eigenvalue weighted by Crippen LogP contribution is 2.27. The monoisotopic (exact) mass is 433 g/mol. The fourth-order valence-corrected chi connectivity index (χ4v) is 4.30. The van der Waals surface area contributed by atoms with Crippen molar-refractivity contribution in [2.75, 3.05) is 26.2 Å². The molecule has 5 nitrogen and oxygen atoms in total. The first-order valence-electron chi connectivity index (χ1n) is 10.6. The molecule has 1 saturated heterocycles. The van der Waals surface area contributed by atoms with E-state index in [9.17, 15) is 18.0 Å². The number of ether oxygens (including phenoxy) is 1. The number of halogens is 3. The standard InChI is InChI=1S/C23H26F3N3O2/c1-2-20-23(30)27-7-8-29(20)12-15-3-6-21-16(11-15)13-28(9-10-31-21)14-17-18(24)4-5-19(25)22(17)26/h3-6,11,20H,2,7-10,12-14H2,1H3,(H,27,30). The lowest BCUT2D eigenvalue weighted by Gasteiger charge is -2.34. The summed E-state index contributed by atoms with van der Waals surface area (Å²) in [5.41, 5.74) is 1.67. The summed E-state index contributed by atoms with van der Waals surface area (Å²) in [6.45, 7) is 5.24. The Labute approximate surface area is 179 Å². The molecule has 1 fully saturated rings. The van der Waals surface area contributed by atoms with E-state index in [0.29, 0.717) is 32.8 Å². The van der Waals surface area contributed by atoms with Crippen LogP contribution in [-0.4, -0.2) is 48.0 Å². The molecule has 1 amide bonds. The molecule has 8 heteroatoms. The molecule has 2 aromatic rings. The average Bonchev–Trinajstić information content (AvgIpc) is 2.95. The molecule has 2 heterocycles. The molecule has 0 aliphatic carbocycles. The van der Waals surface area contributed by atoms with Gasteiger partial charge >= 0.3 is 0 Å². The number of nitrogens with zero attached hydrogens (tertiary/aromatic N) is 2. The van der Waals surface area contributed by atoms with Crippen LogP contribution in [0.2, 0.25) is 0 Å². The summed E-state index contributed by atoms with van der Waals surface area (Å²) in [6.07, 6.45) is 0.735. The maximum absolute atomic E-state index is 14.1. The van der Waals surface area contributed by atoms with Crippen LogP contribution in [0.5, 0.6) is 5.75 Å². The van der Waals surface area contributed by atoms with Crippen molar-refractivity contribution < 1.29 is 22.7 Å². The van der Waals surface area contributed by atoms with E-state index < -0.39 is 17.5 Å². The van der Waals surface area contributed by atoms with E-state index >= 15 is 0 Å². The predicted molar refractivity (Wildman–Crippen MR) is 110 cm³/mol. The summed E-state index contributed by atoms with van der Waals surface area (Å²) in [5.74, 6) is -2.17. The van der Waals surface area contributed by atoms with Gasteiger partial charge in [-0.15, -0.1) is 0 Å². The summed E-state index contributed by atoms with van der Waals surface area (Å²) < 4.78 is 47.6. The van der Waals surface area contributed by atoms with Crippen LogP contribution in [0.25, 0.3) is 0 Å². The number of benzene rings is 2. The highest BCUT2D eigenvalue weighted by molar-refractivity contribution is 5.82. The number of hydrogen-bond acceptors (Lipinski definition) is 4. The minimum Gasteiger partial charge on any atom is -0.492 e. The highest BCUT2D eigenvalue weighted by Gasteiger charge is 2.28. The number of piperazine rings is 1. The second-order valence-corrected chi connectivity index (χ2v) is 8.01. The molecule has 2 aromatic carbocycles. The maximum atomic E-state index is 14.1. The normalized spacial score (nSPS) is 20.0. The van der Waals surface area contributed by atoms with Crippen molar-refractivity contribution in [3.05, 3.63) is 64.5 Å². The van der Waals surface area contributed by atoms with Crippen LogP contribution < -0.4 is 10.1 Å². The van der Waals surface area contributed by atoms with Gasteiger partial charge in [-0.2, -0.15) is 0 Å². The highest BCUT2D eigenvalue weighted by atomic mass is 19.2. The summed E-state index contributed by atoms with van der Waals surface area (Å²) in [6, 6.07) is 7.51. The van der Waals surface area contributed by atoms with Crippen LogP contribution in [0.3, 0.4) is 0 Å². The van der Waals surface area contributed by atoms with Gasteiger partial charge in [0, 0.05) is 50.4 Å². The third-order valence-electron chi connectivity index (χ3n) is 5.92. The Hall–Kier alpha value is -2.58. The molecule has 0 radical (unpaired) electrons. The SMILES string of the molecule is CCC1C(=O)NCCN1Cc1ccc2c(c1)CN(Cc1c(F)ccc(F)c1F)CCO2. The van der Waals surface area contributed by atoms with Crippen LogP contribution >= 0.6 is 0 Å². The zero-order chi connectivity index (χ0) is 22.0. The lowest BCUT2D eigenvalue weighted by Crippen LogP contribution is -2.54. The number of carbonyl (C=O) groups excluding carboxylic acids is 1. The van der Waals surface area contributed by atoms with E-state index in [0.717, 1.165) is 42.0 Å². The summed E-state index contributed by atoms with van der Waals surface area (Å²) in [4.78, 5) is 16.1. The second kappa shape index (κ2) is 9.28. The van der Waals surface area contributed by atoms with E-state index in [1.807, 2.05) is 30.0 Å². The van der Waals surface area contributed by atoms with E-state index in [2.05, 4.69) is 10.2 Å². The average molecular weight is 433 g/mol. The summed E-state index contributed by atoms with van der Waals surface area (Å²) in [7, 11) is 0. The molecular formula is C23H26F3N3O2. The first-order chi connectivity index (χ1) is 15.0. The van der Waals surface area contributed by atoms with Gasteiger partial charge in [-0.3, -0.25) is 14.6 Å². The second-order valence-electron chi connectivity index (χ2n) is 8.01. The van der Waals surface area contributed by atoms with E-state index in [4.69, 9.17) is 4.74 Å². The lowest BCUT2D eigenvalue weighted by atomic mass is 10.1. The van der Waals surface area contributed by atoms with E-state index in [1.54, 1.807) is 0 Å². The van der Waals surface area contributed by atoms with Gasteiger partial charge in [-0.1, -0.05) is 13.0 Å². The maximum Gasteiger partial charge on any atom is 0.237 e. The first kappa shape index (κ1) is 21.6. The molecule has 1 atom stereocenters. The molecule has 2 aliphatic rings. The summed E-state index contributed by atoms with van der Waals surface area (Å²) in [5, 5.41) is 2.90. The number of carbonyl (C=O) groups is 1. The van der Waals surface area contributed by atoms with Crippen molar-refractivity contribution in [2.24, 2.45) is 0 Å². The van der Waals surface area contributed by atoms with Gasteiger partial charge in [0.05, 0.1) is 6.04 Å². The quantitative estimate of drug-likeness (QED) is 0.736. The Morgan fingerprint density at radius 2 is 1.90 bits per heavy atom. The molecule has 2 aliphatic heterocycles. The molecule has 166 valence electrons. The van der Waals surface area contributed by atoms with Gasteiger partial charge in [0.15, 0.2) is 11.6 Å². The molecule has 0 aromatic heterocycles. The Balaban J connectivity index is 1.52. The zero-order valence-electron chi connectivity index (χ0n) is 17.5. The predicted octanol–water partition coefficient (Wildman–Crippen LogP) is 3.21. The number of fused-ring (bicyclic) bond motifs is 1. The molecule has 1 N–H and O–H groups in total. The number of rotatable bonds is 5. The molecule has 31 heavy (non-hydrogen) atoms. The van der Waals surface area contributed by atoms with Crippen molar-refractivity contribution >= 4 is 5.91 Å². The van der Waals surface area contributed by atoms with Crippen molar-refractivity contribution in [3.63, 3.8) is 0 Å². The smallest absolute Gasteiger partial charge is 0.237 e. The van der Waals surface area contributed by atoms with Gasteiger partial charge < -0.3 is 10.1 Å². The van der Waals surface area contributed by atoms with Crippen LogP contribution in [0.4, 0.5) is 13.2 Å². The molecule has 0 spiro atoms. The molecular weight excluding hydrogens is 407 g/mol. The fraction of sp³-hybridized carbons (Fsp3) is 0.435. The summed E-state index contributed by atoms with van der Waals surface area (Å²) >= 11 is 0. The Bertz CT molecular complexity index is 969. The van der Waals surface area contributed by atoms with Crippen LogP contribution in [0.15, 0.2) is 30.3 Å².